The molecule has 0 aromatic heterocycles. The predicted octanol–water partition coefficient (Wildman–Crippen LogP) is 14.6. The molecule has 6 aromatic rings. The molecule has 2 nitrogen and oxygen atoms in total. The molecule has 3 heteroatoms. The van der Waals surface area contributed by atoms with E-state index in [4.69, 9.17) is 0 Å². The maximum Gasteiger partial charge on any atom is 0.252 e. The lowest BCUT2D eigenvalue weighted by molar-refractivity contribution is 0.587. The number of fused-ring (bicyclic) bond motifs is 4. The summed E-state index contributed by atoms with van der Waals surface area (Å²) in [5.74, 6) is 0. The lowest BCUT2D eigenvalue weighted by atomic mass is 9.33. The third-order valence-electron chi connectivity index (χ3n) is 14.0. The number of rotatable bonds is 4. The molecule has 2 heterocycles. The third-order valence-corrected chi connectivity index (χ3v) is 14.0. The number of nitrogens with zero attached hydrogens (tertiary/aromatic N) is 2. The monoisotopic (exact) mass is 819 g/mol. The first-order valence-electron chi connectivity index (χ1n) is 23.1. The molecule has 62 heavy (non-hydrogen) atoms. The van der Waals surface area contributed by atoms with Gasteiger partial charge in [0.2, 0.25) is 0 Å². The van der Waals surface area contributed by atoms with Gasteiger partial charge >= 0.3 is 0 Å². The first-order valence-corrected chi connectivity index (χ1v) is 23.1. The SMILES string of the molecule is CC(C)(C)c1ccc(N2c3ccc(C(C)(C)C)cc3B3c4cc(C(C)(C)C)ccc4N(c4ccc(C(C)(C)C)cc4)c4cc(C(C)(C)c5ccc(C(C)(C)C)cc5)cc2c43)cc1. The van der Waals surface area contributed by atoms with Crippen molar-refractivity contribution in [3.8, 4) is 0 Å². The van der Waals surface area contributed by atoms with Crippen LogP contribution in [0.3, 0.4) is 0 Å². The van der Waals surface area contributed by atoms with Crippen LogP contribution in [0.25, 0.3) is 0 Å². The lowest BCUT2D eigenvalue weighted by Crippen LogP contribution is -2.61. The van der Waals surface area contributed by atoms with Crippen molar-refractivity contribution in [2.24, 2.45) is 0 Å². The van der Waals surface area contributed by atoms with Gasteiger partial charge in [-0.05, 0) is 131 Å². The maximum atomic E-state index is 2.59. The quantitative estimate of drug-likeness (QED) is 0.163. The van der Waals surface area contributed by atoms with E-state index in [2.05, 4.69) is 249 Å². The van der Waals surface area contributed by atoms with Gasteiger partial charge in [-0.2, -0.15) is 0 Å². The Hall–Kier alpha value is -5.02. The molecule has 0 saturated carbocycles. The average molecular weight is 819 g/mol. The Morgan fingerprint density at radius 2 is 0.581 bits per heavy atom. The van der Waals surface area contributed by atoms with Crippen LogP contribution >= 0.6 is 0 Å². The highest BCUT2D eigenvalue weighted by Crippen LogP contribution is 2.48. The summed E-state index contributed by atoms with van der Waals surface area (Å²) >= 11 is 0. The van der Waals surface area contributed by atoms with Crippen LogP contribution in [-0.4, -0.2) is 6.71 Å². The molecule has 320 valence electrons. The number of hydrogen-bond donors (Lipinski definition) is 0. The summed E-state index contributed by atoms with van der Waals surface area (Å²) in [4.78, 5) is 5.18. The Morgan fingerprint density at radius 1 is 0.290 bits per heavy atom. The molecule has 0 unspecified atom stereocenters. The summed E-state index contributed by atoms with van der Waals surface area (Å²) in [6.45, 7) is 39.7. The molecule has 6 aromatic carbocycles. The van der Waals surface area contributed by atoms with E-state index >= 15 is 0 Å². The molecule has 2 aliphatic rings. The van der Waals surface area contributed by atoms with Gasteiger partial charge < -0.3 is 9.80 Å². The zero-order chi connectivity index (χ0) is 45.1. The van der Waals surface area contributed by atoms with Gasteiger partial charge in [-0.1, -0.05) is 190 Å². The van der Waals surface area contributed by atoms with Gasteiger partial charge in [0, 0.05) is 39.5 Å². The molecule has 0 spiro atoms. The molecule has 0 radical (unpaired) electrons. The maximum absolute atomic E-state index is 2.59. The van der Waals surface area contributed by atoms with E-state index in [0.717, 1.165) is 0 Å². The predicted molar refractivity (Wildman–Crippen MR) is 273 cm³/mol. The third kappa shape index (κ3) is 7.62. The molecule has 0 atom stereocenters. The summed E-state index contributed by atoms with van der Waals surface area (Å²) in [5, 5.41) is 0. The molecule has 0 saturated heterocycles. The highest BCUT2D eigenvalue weighted by molar-refractivity contribution is 7.00. The summed E-state index contributed by atoms with van der Waals surface area (Å²) in [5.41, 5.74) is 20.7. The summed E-state index contributed by atoms with van der Waals surface area (Å²) in [6.07, 6.45) is 0. The van der Waals surface area contributed by atoms with Crippen LogP contribution in [0, 0.1) is 0 Å². The van der Waals surface area contributed by atoms with E-state index in [1.54, 1.807) is 0 Å². The Balaban J connectivity index is 1.50. The minimum atomic E-state index is -0.298. The molecule has 0 fully saturated rings. The molecule has 0 aliphatic carbocycles. The Morgan fingerprint density at radius 3 is 0.903 bits per heavy atom. The second-order valence-electron chi connectivity index (χ2n) is 24.1. The summed E-state index contributed by atoms with van der Waals surface area (Å²) < 4.78 is 0. The zero-order valence-corrected chi connectivity index (χ0v) is 41.0. The van der Waals surface area contributed by atoms with Crippen molar-refractivity contribution in [1.82, 2.24) is 0 Å². The highest BCUT2D eigenvalue weighted by Gasteiger charge is 2.45. The fraction of sp³-hybridized carbons (Fsp3) is 0.390. The molecule has 0 bridgehead atoms. The first-order chi connectivity index (χ1) is 28.7. The molecule has 2 aliphatic heterocycles. The number of hydrogen-bond acceptors (Lipinski definition) is 2. The summed E-state index contributed by atoms with van der Waals surface area (Å²) in [6, 6.07) is 48.0. The van der Waals surface area contributed by atoms with Gasteiger partial charge in [-0.15, -0.1) is 0 Å². The van der Waals surface area contributed by atoms with Crippen molar-refractivity contribution in [2.75, 3.05) is 9.80 Å². The molecular formula is C59H71BN2. The van der Waals surface area contributed by atoms with E-state index in [1.807, 2.05) is 0 Å². The molecule has 8 rings (SSSR count). The van der Waals surface area contributed by atoms with Gasteiger partial charge in [0.1, 0.15) is 0 Å². The van der Waals surface area contributed by atoms with E-state index in [9.17, 15) is 0 Å². The van der Waals surface area contributed by atoms with Crippen LogP contribution in [0.15, 0.2) is 121 Å². The second-order valence-corrected chi connectivity index (χ2v) is 24.1. The van der Waals surface area contributed by atoms with Gasteiger partial charge in [0.15, 0.2) is 0 Å². The number of anilines is 6. The Labute approximate surface area is 375 Å². The smallest absolute Gasteiger partial charge is 0.252 e. The lowest BCUT2D eigenvalue weighted by Gasteiger charge is -2.46. The van der Waals surface area contributed by atoms with Crippen molar-refractivity contribution < 1.29 is 0 Å². The second kappa shape index (κ2) is 14.5. The number of benzene rings is 6. The normalized spacial score (nSPS) is 14.4. The van der Waals surface area contributed by atoms with Crippen LogP contribution in [0.2, 0.25) is 0 Å². The van der Waals surface area contributed by atoms with Crippen LogP contribution in [0.5, 0.6) is 0 Å². The molecule has 0 amide bonds. The summed E-state index contributed by atoms with van der Waals surface area (Å²) in [7, 11) is 0. The Kier molecular flexibility index (Phi) is 10.2. The van der Waals surface area contributed by atoms with Crippen molar-refractivity contribution >= 4 is 57.2 Å². The first kappa shape index (κ1) is 43.6. The van der Waals surface area contributed by atoms with Crippen LogP contribution < -0.4 is 26.2 Å². The highest BCUT2D eigenvalue weighted by atomic mass is 15.2. The van der Waals surface area contributed by atoms with Gasteiger partial charge in [0.05, 0.1) is 0 Å². The standard InChI is InChI=1S/C59H71BN2/c1-54(2,3)38-18-20-41(21-19-38)59(16,17)44-36-51-53-52(37-44)62(46-30-24-40(25-31-46)56(7,8)9)50-33-27-43(58(13,14)15)35-48(50)60(53)47-34-42(57(10,11)12)26-32-49(47)61(51)45-28-22-39(23-29-45)55(4,5)6/h18-37H,1-17H3. The van der Waals surface area contributed by atoms with E-state index in [0.29, 0.717) is 0 Å². The van der Waals surface area contributed by atoms with Gasteiger partial charge in [-0.25, -0.2) is 0 Å². The van der Waals surface area contributed by atoms with E-state index < -0.39 is 0 Å². The van der Waals surface area contributed by atoms with Gasteiger partial charge in [0.25, 0.3) is 6.71 Å². The topological polar surface area (TPSA) is 6.48 Å². The van der Waals surface area contributed by atoms with Crippen molar-refractivity contribution in [2.45, 2.75) is 150 Å². The minimum Gasteiger partial charge on any atom is -0.311 e. The largest absolute Gasteiger partial charge is 0.311 e. The fourth-order valence-corrected chi connectivity index (χ4v) is 9.63. The van der Waals surface area contributed by atoms with E-state index in [-0.39, 0.29) is 39.2 Å². The van der Waals surface area contributed by atoms with Crippen molar-refractivity contribution in [1.29, 1.82) is 0 Å². The van der Waals surface area contributed by atoms with Crippen molar-refractivity contribution in [3.05, 3.63) is 160 Å². The average Bonchev–Trinajstić information content (AvgIpc) is 3.18. The van der Waals surface area contributed by atoms with E-state index in [1.165, 1.54) is 89.5 Å². The van der Waals surface area contributed by atoms with Crippen LogP contribution in [0.4, 0.5) is 34.1 Å². The van der Waals surface area contributed by atoms with Crippen LogP contribution in [0.1, 0.15) is 157 Å². The fourth-order valence-electron chi connectivity index (χ4n) is 9.63. The minimum absolute atomic E-state index is 0.0145. The zero-order valence-electron chi connectivity index (χ0n) is 41.0. The molecular weight excluding hydrogens is 747 g/mol. The van der Waals surface area contributed by atoms with Crippen LogP contribution in [-0.2, 0) is 32.5 Å². The Bertz CT molecular complexity index is 2500. The molecule has 0 N–H and O–H groups in total. The van der Waals surface area contributed by atoms with Crippen molar-refractivity contribution in [3.63, 3.8) is 0 Å². The van der Waals surface area contributed by atoms with Gasteiger partial charge in [-0.3, -0.25) is 0 Å².